The SMILES string of the molecule is C#CC(C)(C)NC(=O)c1ccc(Br)cc1O. The predicted molar refractivity (Wildman–Crippen MR) is 66.2 cm³/mol. The first kappa shape index (κ1) is 12.6. The Morgan fingerprint density at radius 1 is 1.56 bits per heavy atom. The van der Waals surface area contributed by atoms with Gasteiger partial charge in [-0.3, -0.25) is 4.79 Å². The summed E-state index contributed by atoms with van der Waals surface area (Å²) in [6, 6.07) is 4.66. The zero-order valence-electron chi connectivity index (χ0n) is 9.04. The van der Waals surface area contributed by atoms with E-state index in [4.69, 9.17) is 6.42 Å². The van der Waals surface area contributed by atoms with Crippen LogP contribution in [0.2, 0.25) is 0 Å². The molecule has 1 aromatic rings. The van der Waals surface area contributed by atoms with Gasteiger partial charge in [-0.25, -0.2) is 0 Å². The average Bonchev–Trinajstić information content (AvgIpc) is 2.16. The lowest BCUT2D eigenvalue weighted by atomic mass is 10.1. The third-order valence-corrected chi connectivity index (χ3v) is 2.48. The number of hydrogen-bond donors (Lipinski definition) is 2. The van der Waals surface area contributed by atoms with Crippen molar-refractivity contribution in [2.24, 2.45) is 0 Å². The molecule has 1 amide bonds. The summed E-state index contributed by atoms with van der Waals surface area (Å²) in [5.41, 5.74) is -0.539. The molecule has 2 N–H and O–H groups in total. The van der Waals surface area contributed by atoms with Gasteiger partial charge in [0.15, 0.2) is 0 Å². The zero-order chi connectivity index (χ0) is 12.3. The van der Waals surface area contributed by atoms with Crippen LogP contribution in [0.3, 0.4) is 0 Å². The van der Waals surface area contributed by atoms with Crippen LogP contribution in [-0.4, -0.2) is 16.6 Å². The number of halogens is 1. The summed E-state index contributed by atoms with van der Waals surface area (Å²) in [5.74, 6) is 1.97. The van der Waals surface area contributed by atoms with Gasteiger partial charge >= 0.3 is 0 Å². The highest BCUT2D eigenvalue weighted by Gasteiger charge is 2.20. The van der Waals surface area contributed by atoms with Gasteiger partial charge in [0.2, 0.25) is 0 Å². The van der Waals surface area contributed by atoms with Gasteiger partial charge in [-0.15, -0.1) is 6.42 Å². The van der Waals surface area contributed by atoms with E-state index in [-0.39, 0.29) is 11.3 Å². The Labute approximate surface area is 103 Å². The van der Waals surface area contributed by atoms with E-state index in [2.05, 4.69) is 27.2 Å². The number of nitrogens with one attached hydrogen (secondary N) is 1. The molecule has 4 heteroatoms. The van der Waals surface area contributed by atoms with Crippen LogP contribution in [-0.2, 0) is 0 Å². The quantitative estimate of drug-likeness (QED) is 0.818. The highest BCUT2D eigenvalue weighted by molar-refractivity contribution is 9.10. The molecular formula is C12H12BrNO2. The van der Waals surface area contributed by atoms with E-state index < -0.39 is 11.4 Å². The van der Waals surface area contributed by atoms with Crippen LogP contribution in [0, 0.1) is 12.3 Å². The molecule has 0 fully saturated rings. The number of amides is 1. The second-order valence-corrected chi connectivity index (χ2v) is 4.80. The summed E-state index contributed by atoms with van der Waals surface area (Å²) >= 11 is 3.20. The molecule has 1 rings (SSSR count). The van der Waals surface area contributed by atoms with E-state index >= 15 is 0 Å². The van der Waals surface area contributed by atoms with Gasteiger partial charge in [-0.05, 0) is 32.0 Å². The molecule has 0 atom stereocenters. The number of terminal acetylenes is 1. The van der Waals surface area contributed by atoms with Crippen LogP contribution in [0.1, 0.15) is 24.2 Å². The molecule has 84 valence electrons. The van der Waals surface area contributed by atoms with Gasteiger partial charge in [0.1, 0.15) is 5.75 Å². The maximum absolute atomic E-state index is 11.8. The van der Waals surface area contributed by atoms with Gasteiger partial charge in [-0.2, -0.15) is 0 Å². The summed E-state index contributed by atoms with van der Waals surface area (Å²) in [6.45, 7) is 3.42. The lowest BCUT2D eigenvalue weighted by Gasteiger charge is -2.19. The van der Waals surface area contributed by atoms with Crippen LogP contribution in [0.5, 0.6) is 5.75 Å². The molecule has 0 aliphatic carbocycles. The van der Waals surface area contributed by atoms with Crippen LogP contribution in [0.25, 0.3) is 0 Å². The van der Waals surface area contributed by atoms with Gasteiger partial charge in [-0.1, -0.05) is 21.9 Å². The Morgan fingerprint density at radius 2 is 2.19 bits per heavy atom. The lowest BCUT2D eigenvalue weighted by molar-refractivity contribution is 0.0927. The van der Waals surface area contributed by atoms with Gasteiger partial charge in [0.05, 0.1) is 11.1 Å². The highest BCUT2D eigenvalue weighted by atomic mass is 79.9. The number of aromatic hydroxyl groups is 1. The van der Waals surface area contributed by atoms with Crippen LogP contribution in [0.4, 0.5) is 0 Å². The fourth-order valence-corrected chi connectivity index (χ4v) is 1.43. The van der Waals surface area contributed by atoms with Gasteiger partial charge in [0.25, 0.3) is 5.91 Å². The van der Waals surface area contributed by atoms with Crippen LogP contribution < -0.4 is 5.32 Å². The molecule has 0 aliphatic heterocycles. The van der Waals surface area contributed by atoms with Gasteiger partial charge < -0.3 is 10.4 Å². The van der Waals surface area contributed by atoms with Crippen molar-refractivity contribution in [1.82, 2.24) is 5.32 Å². The summed E-state index contributed by atoms with van der Waals surface area (Å²) in [7, 11) is 0. The number of phenols is 1. The van der Waals surface area contributed by atoms with Crippen LogP contribution >= 0.6 is 15.9 Å². The normalized spacial score (nSPS) is 10.6. The fourth-order valence-electron chi connectivity index (χ4n) is 1.08. The van der Waals surface area contributed by atoms with Crippen molar-refractivity contribution in [3.05, 3.63) is 28.2 Å². The summed E-state index contributed by atoms with van der Waals surface area (Å²) in [5, 5.41) is 12.2. The number of carbonyl (C=O) groups is 1. The summed E-state index contributed by atoms with van der Waals surface area (Å²) in [4.78, 5) is 11.8. The molecular weight excluding hydrogens is 270 g/mol. The number of hydrogen-bond acceptors (Lipinski definition) is 2. The maximum atomic E-state index is 11.8. The molecule has 16 heavy (non-hydrogen) atoms. The number of phenolic OH excluding ortho intramolecular Hbond substituents is 1. The van der Waals surface area contributed by atoms with Crippen LogP contribution in [0.15, 0.2) is 22.7 Å². The van der Waals surface area contributed by atoms with E-state index in [0.29, 0.717) is 4.47 Å². The fraction of sp³-hybridized carbons (Fsp3) is 0.250. The first-order valence-electron chi connectivity index (χ1n) is 4.64. The first-order chi connectivity index (χ1) is 7.35. The van der Waals surface area contributed by atoms with Crippen molar-refractivity contribution < 1.29 is 9.90 Å². The number of benzene rings is 1. The van der Waals surface area contributed by atoms with E-state index in [9.17, 15) is 9.90 Å². The third kappa shape index (κ3) is 3.01. The number of carbonyl (C=O) groups excluding carboxylic acids is 1. The second kappa shape index (κ2) is 4.58. The third-order valence-electron chi connectivity index (χ3n) is 1.99. The molecule has 0 spiro atoms. The van der Waals surface area contributed by atoms with E-state index in [1.165, 1.54) is 12.1 Å². The maximum Gasteiger partial charge on any atom is 0.256 e. The zero-order valence-corrected chi connectivity index (χ0v) is 10.6. The predicted octanol–water partition coefficient (Wildman–Crippen LogP) is 2.30. The Bertz CT molecular complexity index is 461. The van der Waals surface area contributed by atoms with Crippen molar-refractivity contribution in [1.29, 1.82) is 0 Å². The second-order valence-electron chi connectivity index (χ2n) is 3.88. The number of rotatable bonds is 2. The van der Waals surface area contributed by atoms with E-state index in [0.717, 1.165) is 0 Å². The van der Waals surface area contributed by atoms with Crippen molar-refractivity contribution in [2.75, 3.05) is 0 Å². The largest absolute Gasteiger partial charge is 0.507 e. The van der Waals surface area contributed by atoms with Crippen molar-refractivity contribution in [3.8, 4) is 18.1 Å². The summed E-state index contributed by atoms with van der Waals surface area (Å²) < 4.78 is 0.706. The molecule has 0 bridgehead atoms. The lowest BCUT2D eigenvalue weighted by Crippen LogP contribution is -2.42. The minimum absolute atomic E-state index is 0.0836. The molecule has 0 radical (unpaired) electrons. The molecule has 1 aromatic carbocycles. The van der Waals surface area contributed by atoms with E-state index in [1.807, 2.05) is 0 Å². The Hall–Kier alpha value is -1.47. The Balaban J connectivity index is 2.95. The molecule has 0 saturated carbocycles. The standard InChI is InChI=1S/C12H12BrNO2/c1-4-12(2,3)14-11(16)9-6-5-8(13)7-10(9)15/h1,5-7,15H,2-3H3,(H,14,16). The van der Waals surface area contributed by atoms with Crippen molar-refractivity contribution in [3.63, 3.8) is 0 Å². The smallest absolute Gasteiger partial charge is 0.256 e. The highest BCUT2D eigenvalue weighted by Crippen LogP contribution is 2.22. The Kier molecular flexibility index (Phi) is 3.61. The summed E-state index contributed by atoms with van der Waals surface area (Å²) in [6.07, 6.45) is 5.26. The topological polar surface area (TPSA) is 49.3 Å². The van der Waals surface area contributed by atoms with Gasteiger partial charge in [0, 0.05) is 4.47 Å². The molecule has 0 saturated heterocycles. The molecule has 0 aromatic heterocycles. The van der Waals surface area contributed by atoms with Crippen molar-refractivity contribution >= 4 is 21.8 Å². The Morgan fingerprint density at radius 3 is 2.69 bits per heavy atom. The molecule has 3 nitrogen and oxygen atoms in total. The average molecular weight is 282 g/mol. The minimum atomic E-state index is -0.739. The minimum Gasteiger partial charge on any atom is -0.507 e. The molecule has 0 heterocycles. The molecule has 0 aliphatic rings. The van der Waals surface area contributed by atoms with Crippen molar-refractivity contribution in [2.45, 2.75) is 19.4 Å². The van der Waals surface area contributed by atoms with E-state index in [1.54, 1.807) is 19.9 Å². The molecule has 0 unspecified atom stereocenters. The first-order valence-corrected chi connectivity index (χ1v) is 5.44. The monoisotopic (exact) mass is 281 g/mol.